The molecule has 1 aliphatic heterocycles. The van der Waals surface area contributed by atoms with Crippen LogP contribution in [0, 0.1) is 0 Å². The highest BCUT2D eigenvalue weighted by atomic mass is 28.4. The molecule has 0 saturated carbocycles. The van der Waals surface area contributed by atoms with E-state index in [1.165, 1.54) is 0 Å². The number of rotatable bonds is 7. The van der Waals surface area contributed by atoms with Crippen molar-refractivity contribution in [3.8, 4) is 0 Å². The number of hydrogen-bond acceptors (Lipinski definition) is 6. The Morgan fingerprint density at radius 3 is 1.78 bits per heavy atom. The summed E-state index contributed by atoms with van der Waals surface area (Å²) in [6, 6.07) is 20.4. The van der Waals surface area contributed by atoms with Crippen molar-refractivity contribution >= 4 is 18.7 Å². The fourth-order valence-corrected chi connectivity index (χ4v) is 8.97. The van der Waals surface area contributed by atoms with E-state index in [4.69, 9.17) is 13.9 Å². The van der Waals surface area contributed by atoms with Crippen LogP contribution in [-0.2, 0) is 13.9 Å². The Morgan fingerprint density at radius 1 is 0.844 bits per heavy atom. The SMILES string of the molecule is CC(C)O[C@H]1O[C@H](CO[Si](c2ccccc2)(c2ccccc2)C(C)(C)C)[C@H](O)[C@H](O)[C@H]1O. The van der Waals surface area contributed by atoms with Crippen molar-refractivity contribution in [2.24, 2.45) is 0 Å². The minimum atomic E-state index is -2.83. The van der Waals surface area contributed by atoms with Gasteiger partial charge in [-0.2, -0.15) is 0 Å². The zero-order chi connectivity index (χ0) is 23.5. The lowest BCUT2D eigenvalue weighted by Gasteiger charge is -2.46. The Hall–Kier alpha value is -1.58. The molecule has 0 unspecified atom stereocenters. The summed E-state index contributed by atoms with van der Waals surface area (Å²) in [6.45, 7) is 10.2. The van der Waals surface area contributed by atoms with Gasteiger partial charge < -0.3 is 29.2 Å². The van der Waals surface area contributed by atoms with Gasteiger partial charge in [-0.25, -0.2) is 0 Å². The van der Waals surface area contributed by atoms with Gasteiger partial charge in [0.15, 0.2) is 6.29 Å². The molecule has 1 heterocycles. The molecule has 5 atom stereocenters. The van der Waals surface area contributed by atoms with Crippen molar-refractivity contribution in [1.29, 1.82) is 0 Å². The van der Waals surface area contributed by atoms with Gasteiger partial charge in [0.25, 0.3) is 8.32 Å². The van der Waals surface area contributed by atoms with Crippen molar-refractivity contribution in [2.75, 3.05) is 6.61 Å². The quantitative estimate of drug-likeness (QED) is 0.546. The third-order valence-corrected chi connectivity index (χ3v) is 11.0. The number of aliphatic hydroxyl groups excluding tert-OH is 3. The van der Waals surface area contributed by atoms with Gasteiger partial charge in [0.1, 0.15) is 24.4 Å². The van der Waals surface area contributed by atoms with E-state index in [9.17, 15) is 15.3 Å². The Kier molecular flexibility index (Phi) is 7.93. The van der Waals surface area contributed by atoms with Crippen molar-refractivity contribution in [2.45, 2.75) is 76.5 Å². The largest absolute Gasteiger partial charge is 0.405 e. The van der Waals surface area contributed by atoms with Crippen LogP contribution in [0.15, 0.2) is 60.7 Å². The molecular weight excluding hydrogens is 424 g/mol. The van der Waals surface area contributed by atoms with Gasteiger partial charge in [-0.05, 0) is 29.3 Å². The first kappa shape index (κ1) is 25.0. The van der Waals surface area contributed by atoms with Crippen LogP contribution >= 0.6 is 0 Å². The first-order chi connectivity index (χ1) is 15.1. The Bertz CT molecular complexity index is 799. The highest BCUT2D eigenvalue weighted by Gasteiger charge is 2.52. The van der Waals surface area contributed by atoms with Crippen LogP contribution < -0.4 is 10.4 Å². The molecule has 1 aliphatic rings. The molecule has 176 valence electrons. The molecule has 0 spiro atoms. The summed E-state index contributed by atoms with van der Waals surface area (Å²) in [4.78, 5) is 0. The first-order valence-electron chi connectivity index (χ1n) is 11.2. The second kappa shape index (κ2) is 10.1. The zero-order valence-corrected chi connectivity index (χ0v) is 20.5. The first-order valence-corrected chi connectivity index (χ1v) is 13.1. The number of ether oxygens (including phenoxy) is 2. The third kappa shape index (κ3) is 4.99. The van der Waals surface area contributed by atoms with E-state index in [-0.39, 0.29) is 17.7 Å². The van der Waals surface area contributed by atoms with Crippen LogP contribution in [-0.4, -0.2) is 67.1 Å². The summed E-state index contributed by atoms with van der Waals surface area (Å²) in [5.74, 6) is 0. The lowest BCUT2D eigenvalue weighted by Crippen LogP contribution is -2.68. The van der Waals surface area contributed by atoms with E-state index in [2.05, 4.69) is 45.0 Å². The molecule has 2 aromatic rings. The normalized spacial score (nSPS) is 27.0. The van der Waals surface area contributed by atoms with Crippen molar-refractivity contribution < 1.29 is 29.2 Å². The average Bonchev–Trinajstić information content (AvgIpc) is 2.76. The van der Waals surface area contributed by atoms with Gasteiger partial charge in [-0.3, -0.25) is 0 Å². The van der Waals surface area contributed by atoms with E-state index < -0.39 is 39.0 Å². The third-order valence-electron chi connectivity index (χ3n) is 5.96. The lowest BCUT2D eigenvalue weighted by molar-refractivity contribution is -0.307. The number of hydrogen-bond donors (Lipinski definition) is 3. The van der Waals surface area contributed by atoms with Gasteiger partial charge in [-0.1, -0.05) is 81.4 Å². The van der Waals surface area contributed by atoms with Gasteiger partial charge >= 0.3 is 0 Å². The molecule has 2 aromatic carbocycles. The molecule has 32 heavy (non-hydrogen) atoms. The summed E-state index contributed by atoms with van der Waals surface area (Å²) in [7, 11) is -2.83. The topological polar surface area (TPSA) is 88.4 Å². The highest BCUT2D eigenvalue weighted by molar-refractivity contribution is 6.99. The molecule has 0 radical (unpaired) electrons. The van der Waals surface area contributed by atoms with Crippen molar-refractivity contribution in [1.82, 2.24) is 0 Å². The van der Waals surface area contributed by atoms with Crippen LogP contribution in [0.5, 0.6) is 0 Å². The molecule has 1 saturated heterocycles. The molecule has 0 amide bonds. The van der Waals surface area contributed by atoms with E-state index in [0.29, 0.717) is 0 Å². The Morgan fingerprint density at radius 2 is 1.34 bits per heavy atom. The molecule has 3 N–H and O–H groups in total. The van der Waals surface area contributed by atoms with Crippen LogP contribution in [0.3, 0.4) is 0 Å². The monoisotopic (exact) mass is 460 g/mol. The number of benzene rings is 2. The van der Waals surface area contributed by atoms with Gasteiger partial charge in [0.2, 0.25) is 0 Å². The Labute approximate surface area is 191 Å². The second-order valence-electron chi connectivity index (χ2n) is 9.67. The van der Waals surface area contributed by atoms with Crippen molar-refractivity contribution in [3.05, 3.63) is 60.7 Å². The van der Waals surface area contributed by atoms with Crippen LogP contribution in [0.25, 0.3) is 0 Å². The van der Waals surface area contributed by atoms with Gasteiger partial charge in [0.05, 0.1) is 12.7 Å². The van der Waals surface area contributed by atoms with E-state index in [0.717, 1.165) is 10.4 Å². The Balaban J connectivity index is 1.97. The molecule has 7 heteroatoms. The second-order valence-corrected chi connectivity index (χ2v) is 14.0. The molecule has 1 fully saturated rings. The molecule has 0 aliphatic carbocycles. The molecule has 0 bridgehead atoms. The minimum Gasteiger partial charge on any atom is -0.405 e. The van der Waals surface area contributed by atoms with Crippen LogP contribution in [0.4, 0.5) is 0 Å². The molecule has 0 aromatic heterocycles. The summed E-state index contributed by atoms with van der Waals surface area (Å²) in [5.41, 5.74) is 0. The molecular formula is C25H36O6Si. The van der Waals surface area contributed by atoms with E-state index in [1.807, 2.05) is 50.2 Å². The zero-order valence-electron chi connectivity index (χ0n) is 19.5. The van der Waals surface area contributed by atoms with E-state index >= 15 is 0 Å². The fourth-order valence-electron chi connectivity index (χ4n) is 4.40. The molecule has 3 rings (SSSR count). The van der Waals surface area contributed by atoms with Gasteiger partial charge in [-0.15, -0.1) is 0 Å². The van der Waals surface area contributed by atoms with Crippen LogP contribution in [0.1, 0.15) is 34.6 Å². The average molecular weight is 461 g/mol. The lowest BCUT2D eigenvalue weighted by atomic mass is 9.99. The molecule has 6 nitrogen and oxygen atoms in total. The highest BCUT2D eigenvalue weighted by Crippen LogP contribution is 2.37. The van der Waals surface area contributed by atoms with Gasteiger partial charge in [0, 0.05) is 0 Å². The maximum Gasteiger partial charge on any atom is 0.261 e. The standard InChI is InChI=1S/C25H36O6Si/c1-17(2)30-24-23(28)22(27)21(26)20(31-24)16-29-32(25(3,4)5,18-12-8-6-9-13-18)19-14-10-7-11-15-19/h6-15,17,20-24,26-28H,16H2,1-5H3/t20-,21+,22+,23-,24+/m1/s1. The predicted octanol–water partition coefficient (Wildman–Crippen LogP) is 1.80. The summed E-state index contributed by atoms with van der Waals surface area (Å²) in [5, 5.41) is 33.3. The van der Waals surface area contributed by atoms with Crippen LogP contribution in [0.2, 0.25) is 5.04 Å². The predicted molar refractivity (Wildman–Crippen MR) is 126 cm³/mol. The summed E-state index contributed by atoms with van der Waals surface area (Å²) < 4.78 is 18.3. The fraction of sp³-hybridized carbons (Fsp3) is 0.520. The maximum absolute atomic E-state index is 10.6. The number of aliphatic hydroxyl groups is 3. The maximum atomic E-state index is 10.6. The summed E-state index contributed by atoms with van der Waals surface area (Å²) >= 11 is 0. The van der Waals surface area contributed by atoms with Crippen molar-refractivity contribution in [3.63, 3.8) is 0 Å². The summed E-state index contributed by atoms with van der Waals surface area (Å²) in [6.07, 6.45) is -6.12. The van der Waals surface area contributed by atoms with E-state index in [1.54, 1.807) is 0 Å². The smallest absolute Gasteiger partial charge is 0.261 e. The minimum absolute atomic E-state index is 0.0518.